The van der Waals surface area contributed by atoms with E-state index in [0.717, 1.165) is 5.56 Å². The van der Waals surface area contributed by atoms with Gasteiger partial charge in [-0.05, 0) is 36.8 Å². The molecule has 0 atom stereocenters. The fraction of sp³-hybridized carbons (Fsp3) is 0.0714. The van der Waals surface area contributed by atoms with Crippen LogP contribution in [0.25, 0.3) is 0 Å². The number of thiocarbonyl (C=S) groups is 1. The van der Waals surface area contributed by atoms with Crippen LogP contribution in [0.4, 0.5) is 20.2 Å². The second-order valence-electron chi connectivity index (χ2n) is 4.36. The molecule has 2 rings (SSSR count). The van der Waals surface area contributed by atoms with Gasteiger partial charge < -0.3 is 11.1 Å². The Morgan fingerprint density at radius 3 is 2.38 bits per heavy atom. The van der Waals surface area contributed by atoms with Crippen molar-refractivity contribution in [2.45, 2.75) is 6.92 Å². The maximum absolute atomic E-state index is 14.0. The van der Waals surface area contributed by atoms with E-state index in [2.05, 4.69) is 17.5 Å². The molecule has 0 fully saturated rings. The van der Waals surface area contributed by atoms with Gasteiger partial charge in [0.15, 0.2) is 11.6 Å². The Balaban J connectivity index is 2.43. The highest BCUT2D eigenvalue weighted by atomic mass is 35.5. The molecule has 2 aromatic rings. The van der Waals surface area contributed by atoms with Gasteiger partial charge in [0.1, 0.15) is 4.99 Å². The molecule has 0 aliphatic carbocycles. The Morgan fingerprint density at radius 1 is 1.10 bits per heavy atom. The number of benzene rings is 2. The predicted octanol–water partition coefficient (Wildman–Crippen LogP) is 4.96. The lowest BCUT2D eigenvalue weighted by Gasteiger charge is -2.12. The molecular formula is C14H10Cl2F2N2S. The van der Waals surface area contributed by atoms with Crippen molar-refractivity contribution in [1.29, 1.82) is 0 Å². The lowest BCUT2D eigenvalue weighted by molar-refractivity contribution is 0.510. The van der Waals surface area contributed by atoms with Gasteiger partial charge in [0.25, 0.3) is 0 Å². The van der Waals surface area contributed by atoms with Gasteiger partial charge in [0.05, 0.1) is 16.4 Å². The molecule has 0 heterocycles. The first kappa shape index (κ1) is 15.9. The van der Waals surface area contributed by atoms with Gasteiger partial charge in [0, 0.05) is 10.6 Å². The van der Waals surface area contributed by atoms with Crippen molar-refractivity contribution in [2.75, 3.05) is 5.32 Å². The Hall–Kier alpha value is -1.43. The van der Waals surface area contributed by atoms with E-state index in [-0.39, 0.29) is 16.2 Å². The minimum Gasteiger partial charge on any atom is -0.389 e. The summed E-state index contributed by atoms with van der Waals surface area (Å²) in [4.78, 5) is -0.214. The number of hydrogen-bond acceptors (Lipinski definition) is 2. The van der Waals surface area contributed by atoms with Crippen LogP contribution < -0.4 is 11.1 Å². The van der Waals surface area contributed by atoms with Gasteiger partial charge >= 0.3 is 0 Å². The maximum Gasteiger partial charge on any atom is 0.182 e. The summed E-state index contributed by atoms with van der Waals surface area (Å²) in [6, 6.07) is 5.80. The first-order chi connectivity index (χ1) is 9.81. The van der Waals surface area contributed by atoms with E-state index in [1.54, 1.807) is 13.0 Å². The van der Waals surface area contributed by atoms with E-state index in [0.29, 0.717) is 15.7 Å². The van der Waals surface area contributed by atoms with Crippen molar-refractivity contribution in [3.63, 3.8) is 0 Å². The molecule has 0 aromatic heterocycles. The van der Waals surface area contributed by atoms with Crippen molar-refractivity contribution in [2.24, 2.45) is 5.73 Å². The number of anilines is 2. The fourth-order valence-electron chi connectivity index (χ4n) is 1.72. The summed E-state index contributed by atoms with van der Waals surface area (Å²) in [5, 5.41) is 3.50. The molecule has 0 unspecified atom stereocenters. The molecule has 0 aliphatic rings. The smallest absolute Gasteiger partial charge is 0.182 e. The van der Waals surface area contributed by atoms with E-state index in [4.69, 9.17) is 28.9 Å². The molecule has 2 nitrogen and oxygen atoms in total. The normalized spacial score (nSPS) is 10.5. The summed E-state index contributed by atoms with van der Waals surface area (Å²) in [7, 11) is 0. The first-order valence-electron chi connectivity index (χ1n) is 5.81. The molecule has 0 bridgehead atoms. The average Bonchev–Trinajstić information content (AvgIpc) is 2.40. The highest BCUT2D eigenvalue weighted by molar-refractivity contribution is 7.80. The van der Waals surface area contributed by atoms with Crippen molar-refractivity contribution in [3.8, 4) is 0 Å². The number of halogens is 4. The number of nitrogens with one attached hydrogen (secondary N) is 1. The lowest BCUT2D eigenvalue weighted by atomic mass is 10.1. The van der Waals surface area contributed by atoms with Crippen molar-refractivity contribution in [1.82, 2.24) is 0 Å². The van der Waals surface area contributed by atoms with E-state index in [1.807, 2.05) is 0 Å². The number of rotatable bonds is 3. The standard InChI is InChI=1S/C14H10Cl2F2N2S/c1-6-4-9(16)11(5-8(6)15)20-10-3-2-7(14(19)21)12(17)13(10)18/h2-5,20H,1H3,(H2,19,21). The van der Waals surface area contributed by atoms with Crippen LogP contribution in [0.15, 0.2) is 24.3 Å². The Labute approximate surface area is 135 Å². The number of hydrogen-bond donors (Lipinski definition) is 2. The molecule has 0 amide bonds. The Morgan fingerprint density at radius 2 is 1.76 bits per heavy atom. The highest BCUT2D eigenvalue weighted by Crippen LogP contribution is 2.32. The molecule has 0 saturated heterocycles. The molecule has 0 aliphatic heterocycles. The van der Waals surface area contributed by atoms with Crippen molar-refractivity contribution < 1.29 is 8.78 Å². The Kier molecular flexibility index (Phi) is 4.66. The van der Waals surface area contributed by atoms with Crippen molar-refractivity contribution >= 4 is 51.8 Å². The van der Waals surface area contributed by atoms with E-state index in [1.165, 1.54) is 18.2 Å². The first-order valence-corrected chi connectivity index (χ1v) is 6.98. The SMILES string of the molecule is Cc1cc(Cl)c(Nc2ccc(C(N)=S)c(F)c2F)cc1Cl. The molecule has 21 heavy (non-hydrogen) atoms. The summed E-state index contributed by atoms with van der Waals surface area (Å²) in [6.07, 6.45) is 0. The second-order valence-corrected chi connectivity index (χ2v) is 5.61. The minimum atomic E-state index is -1.11. The van der Waals surface area contributed by atoms with E-state index < -0.39 is 11.6 Å². The highest BCUT2D eigenvalue weighted by Gasteiger charge is 2.16. The summed E-state index contributed by atoms with van der Waals surface area (Å²) in [6.45, 7) is 1.79. The lowest BCUT2D eigenvalue weighted by Crippen LogP contribution is -2.13. The third-order valence-electron chi connectivity index (χ3n) is 2.87. The summed E-state index contributed by atoms with van der Waals surface area (Å²) in [5.41, 5.74) is 6.22. The van der Waals surface area contributed by atoms with Gasteiger partial charge in [-0.2, -0.15) is 0 Å². The van der Waals surface area contributed by atoms with Crippen LogP contribution in [0.2, 0.25) is 10.0 Å². The van der Waals surface area contributed by atoms with Crippen LogP contribution in [-0.4, -0.2) is 4.99 Å². The van der Waals surface area contributed by atoms with Gasteiger partial charge in [-0.15, -0.1) is 0 Å². The number of nitrogens with two attached hydrogens (primary N) is 1. The minimum absolute atomic E-state index is 0.0886. The molecule has 7 heteroatoms. The maximum atomic E-state index is 14.0. The zero-order valence-electron chi connectivity index (χ0n) is 10.8. The van der Waals surface area contributed by atoms with E-state index >= 15 is 0 Å². The zero-order chi connectivity index (χ0) is 15.7. The largest absolute Gasteiger partial charge is 0.389 e. The van der Waals surface area contributed by atoms with E-state index in [9.17, 15) is 8.78 Å². The molecule has 0 spiro atoms. The van der Waals surface area contributed by atoms with Crippen LogP contribution in [0.3, 0.4) is 0 Å². The molecule has 110 valence electrons. The van der Waals surface area contributed by atoms with Gasteiger partial charge in [-0.25, -0.2) is 8.78 Å². The van der Waals surface area contributed by atoms with Gasteiger partial charge in [-0.1, -0.05) is 35.4 Å². The van der Waals surface area contributed by atoms with Crippen LogP contribution in [-0.2, 0) is 0 Å². The summed E-state index contributed by atoms with van der Waals surface area (Å²) < 4.78 is 27.8. The zero-order valence-corrected chi connectivity index (χ0v) is 13.1. The number of aryl methyl sites for hydroxylation is 1. The Bertz CT molecular complexity index is 735. The third kappa shape index (κ3) is 3.26. The topological polar surface area (TPSA) is 38.0 Å². The molecule has 2 aromatic carbocycles. The monoisotopic (exact) mass is 346 g/mol. The molecule has 0 saturated carbocycles. The van der Waals surface area contributed by atoms with Crippen LogP contribution in [0, 0.1) is 18.6 Å². The van der Waals surface area contributed by atoms with Crippen molar-refractivity contribution in [3.05, 3.63) is 57.1 Å². The second kappa shape index (κ2) is 6.13. The fourth-order valence-corrected chi connectivity index (χ4v) is 2.31. The van der Waals surface area contributed by atoms with Crippen LogP contribution in [0.5, 0.6) is 0 Å². The summed E-state index contributed by atoms with van der Waals surface area (Å²) in [5.74, 6) is -2.20. The molecule has 3 N–H and O–H groups in total. The molecule has 0 radical (unpaired) electrons. The summed E-state index contributed by atoms with van der Waals surface area (Å²) >= 11 is 16.7. The predicted molar refractivity (Wildman–Crippen MR) is 86.7 cm³/mol. The quantitative estimate of drug-likeness (QED) is 0.771. The van der Waals surface area contributed by atoms with Gasteiger partial charge in [0.2, 0.25) is 0 Å². The van der Waals surface area contributed by atoms with Gasteiger partial charge in [-0.3, -0.25) is 0 Å². The van der Waals surface area contributed by atoms with Crippen LogP contribution >= 0.6 is 35.4 Å². The molecular weight excluding hydrogens is 337 g/mol. The average molecular weight is 347 g/mol. The van der Waals surface area contributed by atoms with Crippen LogP contribution in [0.1, 0.15) is 11.1 Å². The third-order valence-corrected chi connectivity index (χ3v) is 3.81.